The molecule has 0 saturated carbocycles. The summed E-state index contributed by atoms with van der Waals surface area (Å²) in [6.07, 6.45) is 0.165. The molecule has 0 aliphatic carbocycles. The van der Waals surface area contributed by atoms with Crippen molar-refractivity contribution in [3.63, 3.8) is 0 Å². The molecule has 1 fully saturated rings. The van der Waals surface area contributed by atoms with Crippen molar-refractivity contribution in [3.8, 4) is 0 Å². The zero-order valence-electron chi connectivity index (χ0n) is 14.7. The van der Waals surface area contributed by atoms with Crippen LogP contribution in [-0.4, -0.2) is 31.4 Å². The molecule has 0 spiro atoms. The third kappa shape index (κ3) is 4.65. The Bertz CT molecular complexity index is 870. The van der Waals surface area contributed by atoms with Gasteiger partial charge in [-0.1, -0.05) is 22.0 Å². The van der Waals surface area contributed by atoms with Crippen molar-refractivity contribution in [2.24, 2.45) is 5.92 Å². The molecule has 1 atom stereocenters. The molecule has 0 bridgehead atoms. The van der Waals surface area contributed by atoms with E-state index in [2.05, 4.69) is 31.9 Å². The van der Waals surface area contributed by atoms with Gasteiger partial charge in [-0.2, -0.15) is 0 Å². The van der Waals surface area contributed by atoms with E-state index in [1.165, 1.54) is 7.05 Å². The van der Waals surface area contributed by atoms with Crippen LogP contribution in [0, 0.1) is 5.92 Å². The zero-order valence-corrected chi connectivity index (χ0v) is 16.2. The molecular formula is C19H19BrN4O3. The van der Waals surface area contributed by atoms with Crippen molar-refractivity contribution in [1.29, 1.82) is 0 Å². The number of benzene rings is 2. The molecule has 0 aromatic heterocycles. The normalized spacial score (nSPS) is 16.1. The van der Waals surface area contributed by atoms with E-state index in [0.29, 0.717) is 17.9 Å². The fourth-order valence-corrected chi connectivity index (χ4v) is 3.13. The molecule has 1 aliphatic rings. The van der Waals surface area contributed by atoms with Crippen LogP contribution in [0.5, 0.6) is 0 Å². The Balaban J connectivity index is 1.65. The molecule has 3 N–H and O–H groups in total. The molecule has 2 aromatic carbocycles. The van der Waals surface area contributed by atoms with Crippen LogP contribution in [-0.2, 0) is 9.59 Å². The van der Waals surface area contributed by atoms with E-state index in [-0.39, 0.29) is 24.3 Å². The Labute approximate surface area is 165 Å². The Morgan fingerprint density at radius 2 is 1.74 bits per heavy atom. The maximum absolute atomic E-state index is 12.6. The van der Waals surface area contributed by atoms with Gasteiger partial charge in [0, 0.05) is 41.5 Å². The van der Waals surface area contributed by atoms with Gasteiger partial charge in [0.05, 0.1) is 5.92 Å². The molecule has 1 unspecified atom stereocenters. The molecule has 140 valence electrons. The maximum Gasteiger partial charge on any atom is 0.318 e. The fraction of sp³-hybridized carbons (Fsp3) is 0.211. The van der Waals surface area contributed by atoms with Gasteiger partial charge in [-0.15, -0.1) is 0 Å². The molecule has 7 nitrogen and oxygen atoms in total. The van der Waals surface area contributed by atoms with Crippen LogP contribution in [0.3, 0.4) is 0 Å². The Morgan fingerprint density at radius 3 is 2.41 bits per heavy atom. The van der Waals surface area contributed by atoms with Gasteiger partial charge in [-0.05, 0) is 42.5 Å². The predicted octanol–water partition coefficient (Wildman–Crippen LogP) is 3.19. The summed E-state index contributed by atoms with van der Waals surface area (Å²) >= 11 is 3.37. The average Bonchev–Trinajstić information content (AvgIpc) is 3.04. The van der Waals surface area contributed by atoms with Gasteiger partial charge in [-0.3, -0.25) is 9.59 Å². The molecular weight excluding hydrogens is 412 g/mol. The van der Waals surface area contributed by atoms with Crippen LogP contribution in [0.2, 0.25) is 0 Å². The number of urea groups is 1. The molecule has 8 heteroatoms. The summed E-state index contributed by atoms with van der Waals surface area (Å²) in [6, 6.07) is 13.9. The first-order valence-corrected chi connectivity index (χ1v) is 9.21. The van der Waals surface area contributed by atoms with Crippen LogP contribution < -0.4 is 20.9 Å². The largest absolute Gasteiger partial charge is 0.341 e. The quantitative estimate of drug-likeness (QED) is 0.695. The summed E-state index contributed by atoms with van der Waals surface area (Å²) < 4.78 is 0.928. The minimum atomic E-state index is -0.434. The minimum Gasteiger partial charge on any atom is -0.341 e. The van der Waals surface area contributed by atoms with Gasteiger partial charge in [-0.25, -0.2) is 4.79 Å². The van der Waals surface area contributed by atoms with Crippen molar-refractivity contribution in [2.45, 2.75) is 6.42 Å². The number of carbonyl (C=O) groups excluding carboxylic acids is 3. The number of hydrogen-bond acceptors (Lipinski definition) is 3. The first kappa shape index (κ1) is 18.9. The van der Waals surface area contributed by atoms with E-state index in [1.807, 2.05) is 24.3 Å². The Kier molecular flexibility index (Phi) is 5.75. The lowest BCUT2D eigenvalue weighted by Gasteiger charge is -2.17. The topological polar surface area (TPSA) is 90.5 Å². The first-order chi connectivity index (χ1) is 13.0. The average molecular weight is 431 g/mol. The Morgan fingerprint density at radius 1 is 1.07 bits per heavy atom. The number of hydrogen-bond donors (Lipinski definition) is 3. The number of nitrogens with one attached hydrogen (secondary N) is 3. The lowest BCUT2D eigenvalue weighted by molar-refractivity contribution is -0.122. The Hall–Kier alpha value is -2.87. The van der Waals surface area contributed by atoms with Gasteiger partial charge in [0.2, 0.25) is 11.8 Å². The second kappa shape index (κ2) is 8.22. The highest BCUT2D eigenvalue weighted by Gasteiger charge is 2.35. The predicted molar refractivity (Wildman–Crippen MR) is 108 cm³/mol. The SMILES string of the molecule is CNC(=O)Nc1cccc(NC(=O)C2CC(=O)N(c3ccc(Br)cc3)C2)c1. The lowest BCUT2D eigenvalue weighted by Crippen LogP contribution is -2.28. The van der Waals surface area contributed by atoms with Crippen LogP contribution in [0.1, 0.15) is 6.42 Å². The number of amides is 4. The third-order valence-electron chi connectivity index (χ3n) is 4.25. The van der Waals surface area contributed by atoms with E-state index < -0.39 is 5.92 Å². The second-order valence-electron chi connectivity index (χ2n) is 6.16. The summed E-state index contributed by atoms with van der Waals surface area (Å²) in [6.45, 7) is 0.336. The summed E-state index contributed by atoms with van der Waals surface area (Å²) in [5, 5.41) is 7.93. The number of halogens is 1. The standard InChI is InChI=1S/C19H19BrN4O3/c1-21-19(27)23-15-4-2-3-14(10-15)22-18(26)12-9-17(25)24(11-12)16-7-5-13(20)6-8-16/h2-8,10,12H,9,11H2,1H3,(H,22,26)(H2,21,23,27). The third-order valence-corrected chi connectivity index (χ3v) is 4.78. The summed E-state index contributed by atoms with van der Waals surface area (Å²) in [4.78, 5) is 37.9. The number of rotatable bonds is 4. The smallest absolute Gasteiger partial charge is 0.318 e. The highest BCUT2D eigenvalue weighted by Crippen LogP contribution is 2.27. The van der Waals surface area contributed by atoms with Crippen molar-refractivity contribution in [3.05, 3.63) is 53.0 Å². The molecule has 1 saturated heterocycles. The van der Waals surface area contributed by atoms with Crippen LogP contribution in [0.15, 0.2) is 53.0 Å². The van der Waals surface area contributed by atoms with Gasteiger partial charge in [0.25, 0.3) is 0 Å². The van der Waals surface area contributed by atoms with Crippen LogP contribution in [0.25, 0.3) is 0 Å². The van der Waals surface area contributed by atoms with Crippen molar-refractivity contribution >= 4 is 50.8 Å². The maximum atomic E-state index is 12.6. The molecule has 2 aromatic rings. The molecule has 1 heterocycles. The monoisotopic (exact) mass is 430 g/mol. The summed E-state index contributed by atoms with van der Waals surface area (Å²) in [5.41, 5.74) is 1.89. The first-order valence-electron chi connectivity index (χ1n) is 8.42. The van der Waals surface area contributed by atoms with Crippen molar-refractivity contribution in [2.75, 3.05) is 29.1 Å². The van der Waals surface area contributed by atoms with Crippen molar-refractivity contribution < 1.29 is 14.4 Å². The number of anilines is 3. The molecule has 0 radical (unpaired) electrons. The highest BCUT2D eigenvalue weighted by atomic mass is 79.9. The number of nitrogens with zero attached hydrogens (tertiary/aromatic N) is 1. The van der Waals surface area contributed by atoms with E-state index in [9.17, 15) is 14.4 Å². The second-order valence-corrected chi connectivity index (χ2v) is 7.07. The van der Waals surface area contributed by atoms with Crippen LogP contribution in [0.4, 0.5) is 21.9 Å². The van der Waals surface area contributed by atoms with Gasteiger partial charge in [0.1, 0.15) is 0 Å². The van der Waals surface area contributed by atoms with Crippen LogP contribution >= 0.6 is 15.9 Å². The highest BCUT2D eigenvalue weighted by molar-refractivity contribution is 9.10. The molecule has 1 aliphatic heterocycles. The van der Waals surface area contributed by atoms with Gasteiger partial charge < -0.3 is 20.9 Å². The minimum absolute atomic E-state index is 0.0764. The summed E-state index contributed by atoms with van der Waals surface area (Å²) in [5.74, 6) is -0.732. The van der Waals surface area contributed by atoms with E-state index in [1.54, 1.807) is 29.2 Å². The fourth-order valence-electron chi connectivity index (χ4n) is 2.87. The molecule has 4 amide bonds. The molecule has 3 rings (SSSR count). The van der Waals surface area contributed by atoms with Crippen molar-refractivity contribution in [1.82, 2.24) is 5.32 Å². The number of carbonyl (C=O) groups is 3. The van der Waals surface area contributed by atoms with Gasteiger partial charge in [0.15, 0.2) is 0 Å². The van der Waals surface area contributed by atoms with E-state index in [4.69, 9.17) is 0 Å². The van der Waals surface area contributed by atoms with Gasteiger partial charge >= 0.3 is 6.03 Å². The lowest BCUT2D eigenvalue weighted by atomic mass is 10.1. The summed E-state index contributed by atoms with van der Waals surface area (Å²) in [7, 11) is 1.52. The molecule has 27 heavy (non-hydrogen) atoms. The van der Waals surface area contributed by atoms with E-state index >= 15 is 0 Å². The zero-order chi connectivity index (χ0) is 19.4. The van der Waals surface area contributed by atoms with E-state index in [0.717, 1.165) is 10.2 Å².